The second kappa shape index (κ2) is 7.46. The van der Waals surface area contributed by atoms with Crippen LogP contribution in [-0.4, -0.2) is 19.8 Å². The van der Waals surface area contributed by atoms with Crippen molar-refractivity contribution in [2.45, 2.75) is 33.8 Å². The monoisotopic (exact) mass is 236 g/mol. The lowest BCUT2D eigenvalue weighted by Crippen LogP contribution is -2.15. The second-order valence-corrected chi connectivity index (χ2v) is 5.50. The van der Waals surface area contributed by atoms with Crippen molar-refractivity contribution in [1.29, 1.82) is 0 Å². The van der Waals surface area contributed by atoms with Crippen LogP contribution in [-0.2, 0) is 16.1 Å². The average molecular weight is 236 g/mol. The lowest BCUT2D eigenvalue weighted by molar-refractivity contribution is 0.0451. The van der Waals surface area contributed by atoms with Crippen molar-refractivity contribution in [2.24, 2.45) is 5.41 Å². The summed E-state index contributed by atoms with van der Waals surface area (Å²) in [5.74, 6) is 0. The molecular formula is C15H24O2. The van der Waals surface area contributed by atoms with E-state index in [1.807, 2.05) is 18.2 Å². The Kier molecular flexibility index (Phi) is 6.23. The predicted octanol–water partition coefficient (Wildman–Crippen LogP) is 3.66. The minimum Gasteiger partial charge on any atom is -0.381 e. The molecule has 0 bridgehead atoms. The number of hydrogen-bond donors (Lipinski definition) is 0. The molecule has 0 saturated heterocycles. The highest BCUT2D eigenvalue weighted by atomic mass is 16.5. The molecule has 0 unspecified atom stereocenters. The minimum atomic E-state index is 0.255. The maximum Gasteiger partial charge on any atom is 0.0716 e. The maximum atomic E-state index is 5.57. The SMILES string of the molecule is CC(C)(C)COCCCOCc1ccccc1. The van der Waals surface area contributed by atoms with Gasteiger partial charge in [-0.1, -0.05) is 51.1 Å². The number of hydrogen-bond acceptors (Lipinski definition) is 2. The van der Waals surface area contributed by atoms with Crippen LogP contribution < -0.4 is 0 Å². The van der Waals surface area contributed by atoms with E-state index < -0.39 is 0 Å². The first kappa shape index (κ1) is 14.2. The molecule has 96 valence electrons. The Balaban J connectivity index is 1.95. The summed E-state index contributed by atoms with van der Waals surface area (Å²) in [6.45, 7) is 9.59. The molecule has 0 radical (unpaired) electrons. The molecule has 0 saturated carbocycles. The molecule has 1 aromatic carbocycles. The third-order valence-corrected chi connectivity index (χ3v) is 2.22. The van der Waals surface area contributed by atoms with Crippen molar-refractivity contribution in [3.05, 3.63) is 35.9 Å². The molecule has 0 N–H and O–H groups in total. The summed E-state index contributed by atoms with van der Waals surface area (Å²) in [6, 6.07) is 10.2. The normalized spacial score (nSPS) is 11.7. The van der Waals surface area contributed by atoms with Gasteiger partial charge in [-0.2, -0.15) is 0 Å². The average Bonchev–Trinajstić information content (AvgIpc) is 2.28. The van der Waals surface area contributed by atoms with Crippen molar-refractivity contribution in [3.63, 3.8) is 0 Å². The fourth-order valence-electron chi connectivity index (χ4n) is 1.41. The predicted molar refractivity (Wildman–Crippen MR) is 71.0 cm³/mol. The van der Waals surface area contributed by atoms with Crippen molar-refractivity contribution >= 4 is 0 Å². The van der Waals surface area contributed by atoms with Crippen LogP contribution >= 0.6 is 0 Å². The summed E-state index contributed by atoms with van der Waals surface area (Å²) < 4.78 is 11.1. The summed E-state index contributed by atoms with van der Waals surface area (Å²) in [6.07, 6.45) is 0.961. The summed E-state index contributed by atoms with van der Waals surface area (Å²) in [5.41, 5.74) is 1.48. The molecule has 2 nitrogen and oxygen atoms in total. The van der Waals surface area contributed by atoms with Gasteiger partial charge in [0.2, 0.25) is 0 Å². The Morgan fingerprint density at radius 2 is 1.59 bits per heavy atom. The molecule has 1 aromatic rings. The van der Waals surface area contributed by atoms with Gasteiger partial charge in [-0.25, -0.2) is 0 Å². The largest absolute Gasteiger partial charge is 0.381 e. The number of rotatable bonds is 7. The smallest absolute Gasteiger partial charge is 0.0716 e. The van der Waals surface area contributed by atoms with Crippen LogP contribution in [0.1, 0.15) is 32.8 Å². The van der Waals surface area contributed by atoms with Crippen LogP contribution in [0.2, 0.25) is 0 Å². The van der Waals surface area contributed by atoms with Crippen LogP contribution in [0.4, 0.5) is 0 Å². The Morgan fingerprint density at radius 1 is 0.941 bits per heavy atom. The quantitative estimate of drug-likeness (QED) is 0.673. The molecule has 2 heteroatoms. The topological polar surface area (TPSA) is 18.5 Å². The molecule has 0 fully saturated rings. The summed E-state index contributed by atoms with van der Waals surface area (Å²) >= 11 is 0. The lowest BCUT2D eigenvalue weighted by atomic mass is 9.99. The molecule has 17 heavy (non-hydrogen) atoms. The van der Waals surface area contributed by atoms with Crippen molar-refractivity contribution in [1.82, 2.24) is 0 Å². The molecule has 0 amide bonds. The first-order chi connectivity index (χ1) is 8.08. The summed E-state index contributed by atoms with van der Waals surface area (Å²) in [7, 11) is 0. The van der Waals surface area contributed by atoms with Gasteiger partial charge in [0, 0.05) is 13.2 Å². The molecular weight excluding hydrogens is 212 g/mol. The Bertz CT molecular complexity index is 288. The van der Waals surface area contributed by atoms with Gasteiger partial charge in [0.1, 0.15) is 0 Å². The first-order valence-corrected chi connectivity index (χ1v) is 6.27. The maximum absolute atomic E-state index is 5.57. The van der Waals surface area contributed by atoms with E-state index >= 15 is 0 Å². The van der Waals surface area contributed by atoms with Crippen molar-refractivity contribution in [3.8, 4) is 0 Å². The summed E-state index contributed by atoms with van der Waals surface area (Å²) in [5, 5.41) is 0. The van der Waals surface area contributed by atoms with Crippen LogP contribution in [0.3, 0.4) is 0 Å². The second-order valence-electron chi connectivity index (χ2n) is 5.50. The standard InChI is InChI=1S/C15H24O2/c1-15(2,3)13-17-11-7-10-16-12-14-8-5-4-6-9-14/h4-6,8-9H,7,10-13H2,1-3H3. The van der Waals surface area contributed by atoms with Gasteiger partial charge in [0.25, 0.3) is 0 Å². The zero-order valence-corrected chi connectivity index (χ0v) is 11.2. The van der Waals surface area contributed by atoms with Gasteiger partial charge >= 0.3 is 0 Å². The van der Waals surface area contributed by atoms with E-state index in [0.29, 0.717) is 6.61 Å². The highest BCUT2D eigenvalue weighted by Gasteiger charge is 2.09. The van der Waals surface area contributed by atoms with Gasteiger partial charge in [0.15, 0.2) is 0 Å². The van der Waals surface area contributed by atoms with Gasteiger partial charge in [-0.3, -0.25) is 0 Å². The van der Waals surface area contributed by atoms with Gasteiger partial charge in [-0.15, -0.1) is 0 Å². The molecule has 0 aliphatic carbocycles. The Hall–Kier alpha value is -0.860. The molecule has 0 heterocycles. The zero-order valence-electron chi connectivity index (χ0n) is 11.2. The van der Waals surface area contributed by atoms with E-state index in [4.69, 9.17) is 9.47 Å². The van der Waals surface area contributed by atoms with Crippen LogP contribution in [0, 0.1) is 5.41 Å². The van der Waals surface area contributed by atoms with Crippen LogP contribution in [0.5, 0.6) is 0 Å². The van der Waals surface area contributed by atoms with E-state index in [1.165, 1.54) is 5.56 Å². The molecule has 0 aliphatic rings. The summed E-state index contributed by atoms with van der Waals surface area (Å²) in [4.78, 5) is 0. The fourth-order valence-corrected chi connectivity index (χ4v) is 1.41. The van der Waals surface area contributed by atoms with Crippen LogP contribution in [0.25, 0.3) is 0 Å². The van der Waals surface area contributed by atoms with Crippen molar-refractivity contribution < 1.29 is 9.47 Å². The third kappa shape index (κ3) is 7.94. The van der Waals surface area contributed by atoms with E-state index in [-0.39, 0.29) is 5.41 Å². The van der Waals surface area contributed by atoms with Gasteiger partial charge in [-0.05, 0) is 17.4 Å². The minimum absolute atomic E-state index is 0.255. The Morgan fingerprint density at radius 3 is 2.24 bits per heavy atom. The number of benzene rings is 1. The lowest BCUT2D eigenvalue weighted by Gasteiger charge is -2.17. The van der Waals surface area contributed by atoms with E-state index in [9.17, 15) is 0 Å². The molecule has 0 aliphatic heterocycles. The third-order valence-electron chi connectivity index (χ3n) is 2.22. The molecule has 1 rings (SSSR count). The highest BCUT2D eigenvalue weighted by molar-refractivity contribution is 5.13. The Labute approximate surface area is 105 Å². The van der Waals surface area contributed by atoms with Gasteiger partial charge < -0.3 is 9.47 Å². The van der Waals surface area contributed by atoms with Crippen LogP contribution in [0.15, 0.2) is 30.3 Å². The molecule has 0 aromatic heterocycles. The zero-order chi connectivity index (χ0) is 12.6. The van der Waals surface area contributed by atoms with E-state index in [1.54, 1.807) is 0 Å². The van der Waals surface area contributed by atoms with Gasteiger partial charge in [0.05, 0.1) is 13.2 Å². The van der Waals surface area contributed by atoms with Crippen molar-refractivity contribution in [2.75, 3.05) is 19.8 Å². The van der Waals surface area contributed by atoms with E-state index in [2.05, 4.69) is 32.9 Å². The molecule has 0 spiro atoms. The first-order valence-electron chi connectivity index (χ1n) is 6.27. The number of ether oxygens (including phenoxy) is 2. The fraction of sp³-hybridized carbons (Fsp3) is 0.600. The van der Waals surface area contributed by atoms with E-state index in [0.717, 1.165) is 26.2 Å². The molecule has 0 atom stereocenters. The highest BCUT2D eigenvalue weighted by Crippen LogP contribution is 2.12.